The number of benzene rings is 3. The van der Waals surface area contributed by atoms with Crippen LogP contribution in [0.2, 0.25) is 5.04 Å². The molecule has 3 aromatic rings. The number of hydrogen-bond acceptors (Lipinski definition) is 2. The summed E-state index contributed by atoms with van der Waals surface area (Å²) in [5, 5.41) is 2.46. The molecule has 3 rings (SSSR count). The maximum Gasteiger partial charge on any atom is 0.261 e. The fourth-order valence-electron chi connectivity index (χ4n) is 4.35. The second-order valence-corrected chi connectivity index (χ2v) is 13.4. The lowest BCUT2D eigenvalue weighted by Gasteiger charge is -2.45. The standard InChI is InChI=1S/C29H34O2Si/c1-29(2,3)32(27-18-9-5-10-19-27,28-20-11-6-12-21-28)31-26(17-13-14-24-30)23-22-25-15-7-4-8-16-25/h4-13,15-21,24,26H,14,22-23H2,1-3H3/b17-13+. The molecule has 0 fully saturated rings. The largest absolute Gasteiger partial charge is 0.401 e. The van der Waals surface area contributed by atoms with Gasteiger partial charge in [0.1, 0.15) is 6.29 Å². The zero-order valence-corrected chi connectivity index (χ0v) is 20.4. The average Bonchev–Trinajstić information content (AvgIpc) is 2.81. The quantitative estimate of drug-likeness (QED) is 0.228. The fraction of sp³-hybridized carbons (Fsp3) is 0.276. The van der Waals surface area contributed by atoms with Crippen molar-refractivity contribution in [2.45, 2.75) is 51.2 Å². The number of aryl methyl sites for hydroxylation is 1. The summed E-state index contributed by atoms with van der Waals surface area (Å²) in [5.74, 6) is 0. The molecule has 1 unspecified atom stereocenters. The first-order valence-electron chi connectivity index (χ1n) is 11.4. The maximum atomic E-state index is 11.0. The van der Waals surface area contributed by atoms with Crippen molar-refractivity contribution in [3.05, 3.63) is 109 Å². The predicted molar refractivity (Wildman–Crippen MR) is 137 cm³/mol. The fourth-order valence-corrected chi connectivity index (χ4v) is 9.02. The van der Waals surface area contributed by atoms with Gasteiger partial charge in [0.15, 0.2) is 0 Å². The Kier molecular flexibility index (Phi) is 8.37. The van der Waals surface area contributed by atoms with Gasteiger partial charge in [-0.3, -0.25) is 0 Å². The van der Waals surface area contributed by atoms with E-state index in [9.17, 15) is 4.79 Å². The van der Waals surface area contributed by atoms with Crippen molar-refractivity contribution in [1.29, 1.82) is 0 Å². The van der Waals surface area contributed by atoms with Crippen LogP contribution in [0.5, 0.6) is 0 Å². The predicted octanol–water partition coefficient (Wildman–Crippen LogP) is 5.71. The van der Waals surface area contributed by atoms with E-state index in [0.717, 1.165) is 19.1 Å². The molecule has 2 nitrogen and oxygen atoms in total. The van der Waals surface area contributed by atoms with E-state index in [1.807, 2.05) is 12.1 Å². The van der Waals surface area contributed by atoms with Gasteiger partial charge in [-0.05, 0) is 33.8 Å². The molecule has 0 spiro atoms. The SMILES string of the molecule is CC(C)(C)[Si](OC(/C=C/CC=O)CCc1ccccc1)(c1ccccc1)c1ccccc1. The Morgan fingerprint density at radius 2 is 1.31 bits per heavy atom. The molecular weight excluding hydrogens is 408 g/mol. The van der Waals surface area contributed by atoms with Gasteiger partial charge in [-0.2, -0.15) is 0 Å². The Morgan fingerprint density at radius 3 is 1.78 bits per heavy atom. The van der Waals surface area contributed by atoms with Crippen LogP contribution in [-0.4, -0.2) is 20.7 Å². The van der Waals surface area contributed by atoms with Gasteiger partial charge >= 0.3 is 0 Å². The number of rotatable bonds is 10. The van der Waals surface area contributed by atoms with E-state index in [2.05, 4.69) is 112 Å². The average molecular weight is 443 g/mol. The molecule has 0 radical (unpaired) electrons. The second-order valence-electron chi connectivity index (χ2n) is 9.17. The minimum atomic E-state index is -2.65. The smallest absolute Gasteiger partial charge is 0.261 e. The Labute approximate surface area is 194 Å². The van der Waals surface area contributed by atoms with E-state index < -0.39 is 8.32 Å². The minimum Gasteiger partial charge on any atom is -0.401 e. The molecule has 3 heteroatoms. The van der Waals surface area contributed by atoms with Crippen molar-refractivity contribution in [3.8, 4) is 0 Å². The van der Waals surface area contributed by atoms with Gasteiger partial charge in [0.2, 0.25) is 0 Å². The van der Waals surface area contributed by atoms with Crippen molar-refractivity contribution < 1.29 is 9.22 Å². The summed E-state index contributed by atoms with van der Waals surface area (Å²) in [6.45, 7) is 6.88. The van der Waals surface area contributed by atoms with Gasteiger partial charge in [-0.15, -0.1) is 0 Å². The lowest BCUT2D eigenvalue weighted by atomic mass is 10.1. The number of carbonyl (C=O) groups excluding carboxylic acids is 1. The van der Waals surface area contributed by atoms with Crippen molar-refractivity contribution in [2.24, 2.45) is 0 Å². The van der Waals surface area contributed by atoms with Crippen molar-refractivity contribution in [2.75, 3.05) is 0 Å². The lowest BCUT2D eigenvalue weighted by molar-refractivity contribution is -0.107. The van der Waals surface area contributed by atoms with Gasteiger partial charge < -0.3 is 9.22 Å². The molecule has 0 saturated carbocycles. The van der Waals surface area contributed by atoms with Crippen molar-refractivity contribution in [1.82, 2.24) is 0 Å². The first-order chi connectivity index (χ1) is 15.5. The van der Waals surface area contributed by atoms with E-state index in [1.54, 1.807) is 0 Å². The van der Waals surface area contributed by atoms with Gasteiger partial charge in [0.05, 0.1) is 6.10 Å². The highest BCUT2D eigenvalue weighted by Gasteiger charge is 2.51. The number of allylic oxidation sites excluding steroid dienone is 1. The molecule has 32 heavy (non-hydrogen) atoms. The molecule has 0 aliphatic carbocycles. The zero-order valence-electron chi connectivity index (χ0n) is 19.4. The molecule has 1 atom stereocenters. The summed E-state index contributed by atoms with van der Waals surface area (Å²) >= 11 is 0. The molecule has 0 heterocycles. The van der Waals surface area contributed by atoms with E-state index >= 15 is 0 Å². The third-order valence-electron chi connectivity index (χ3n) is 5.89. The van der Waals surface area contributed by atoms with Crippen LogP contribution < -0.4 is 10.4 Å². The van der Waals surface area contributed by atoms with Gasteiger partial charge in [-0.1, -0.05) is 124 Å². The Morgan fingerprint density at radius 1 is 0.812 bits per heavy atom. The van der Waals surface area contributed by atoms with Crippen LogP contribution in [0.25, 0.3) is 0 Å². The van der Waals surface area contributed by atoms with Gasteiger partial charge in [0.25, 0.3) is 8.32 Å². The summed E-state index contributed by atoms with van der Waals surface area (Å²) in [4.78, 5) is 11.0. The number of hydrogen-bond donors (Lipinski definition) is 0. The minimum absolute atomic E-state index is 0.0820. The van der Waals surface area contributed by atoms with Crippen LogP contribution >= 0.6 is 0 Å². The zero-order chi connectivity index (χ0) is 22.9. The third kappa shape index (κ3) is 5.73. The highest BCUT2D eigenvalue weighted by atomic mass is 28.4. The Bertz CT molecular complexity index is 936. The molecule has 0 N–H and O–H groups in total. The highest BCUT2D eigenvalue weighted by Crippen LogP contribution is 2.38. The van der Waals surface area contributed by atoms with Crippen LogP contribution in [-0.2, 0) is 15.6 Å². The molecule has 0 aliphatic rings. The summed E-state index contributed by atoms with van der Waals surface area (Å²) in [7, 11) is -2.65. The molecule has 0 amide bonds. The third-order valence-corrected chi connectivity index (χ3v) is 10.9. The maximum absolute atomic E-state index is 11.0. The normalized spacial score (nSPS) is 13.2. The van der Waals surface area contributed by atoms with Crippen LogP contribution in [0.4, 0.5) is 0 Å². The summed E-state index contributed by atoms with van der Waals surface area (Å²) in [5.41, 5.74) is 1.30. The van der Waals surface area contributed by atoms with Crippen LogP contribution in [0.3, 0.4) is 0 Å². The topological polar surface area (TPSA) is 26.3 Å². The summed E-state index contributed by atoms with van der Waals surface area (Å²) in [6.07, 6.45) is 7.09. The highest BCUT2D eigenvalue weighted by molar-refractivity contribution is 6.99. The number of aldehydes is 1. The van der Waals surface area contributed by atoms with Gasteiger partial charge in [0, 0.05) is 6.42 Å². The first-order valence-corrected chi connectivity index (χ1v) is 13.3. The summed E-state index contributed by atoms with van der Waals surface area (Å²) < 4.78 is 7.28. The van der Waals surface area contributed by atoms with Crippen LogP contribution in [0, 0.1) is 0 Å². The second kappa shape index (κ2) is 11.2. The molecule has 166 valence electrons. The number of carbonyl (C=O) groups is 1. The molecule has 0 aromatic heterocycles. The summed E-state index contributed by atoms with van der Waals surface area (Å²) in [6, 6.07) is 31.9. The lowest BCUT2D eigenvalue weighted by Crippen LogP contribution is -2.67. The Hall–Kier alpha value is -2.75. The van der Waals surface area contributed by atoms with E-state index in [-0.39, 0.29) is 11.1 Å². The monoisotopic (exact) mass is 442 g/mol. The molecule has 0 bridgehead atoms. The van der Waals surface area contributed by atoms with E-state index in [4.69, 9.17) is 4.43 Å². The first kappa shape index (κ1) is 23.9. The molecule has 0 aliphatic heterocycles. The molecule has 0 saturated heterocycles. The van der Waals surface area contributed by atoms with E-state index in [1.165, 1.54) is 15.9 Å². The molecule has 3 aromatic carbocycles. The Balaban J connectivity index is 2.05. The van der Waals surface area contributed by atoms with Crippen LogP contribution in [0.15, 0.2) is 103 Å². The molecular formula is C29H34O2Si. The van der Waals surface area contributed by atoms with Gasteiger partial charge in [-0.25, -0.2) is 0 Å². The van der Waals surface area contributed by atoms with Crippen molar-refractivity contribution >= 4 is 25.0 Å². The van der Waals surface area contributed by atoms with Crippen molar-refractivity contribution in [3.63, 3.8) is 0 Å². The van der Waals surface area contributed by atoms with Crippen LogP contribution in [0.1, 0.15) is 39.2 Å². The van der Waals surface area contributed by atoms with E-state index in [0.29, 0.717) is 6.42 Å².